The number of aliphatic hydroxyl groups excluding tert-OH is 1. The van der Waals surface area contributed by atoms with E-state index in [-0.39, 0.29) is 17.1 Å². The number of thioether (sulfide) groups is 1. The van der Waals surface area contributed by atoms with E-state index in [1.807, 2.05) is 53.1 Å². The topological polar surface area (TPSA) is 106 Å². The van der Waals surface area contributed by atoms with Crippen LogP contribution in [0.15, 0.2) is 72.1 Å². The highest BCUT2D eigenvalue weighted by Crippen LogP contribution is 2.36. The normalized spacial score (nSPS) is 15.6. The molecule has 170 valence electrons. The number of nitriles is 1. The van der Waals surface area contributed by atoms with E-state index in [2.05, 4.69) is 27.8 Å². The first-order valence-corrected chi connectivity index (χ1v) is 12.2. The average Bonchev–Trinajstić information content (AvgIpc) is 3.47. The van der Waals surface area contributed by atoms with Gasteiger partial charge in [0, 0.05) is 6.54 Å². The van der Waals surface area contributed by atoms with Crippen LogP contribution < -0.4 is 9.47 Å². The molecule has 0 radical (unpaired) electrons. The van der Waals surface area contributed by atoms with Crippen LogP contribution in [-0.4, -0.2) is 37.2 Å². The zero-order valence-electron chi connectivity index (χ0n) is 17.9. The molecule has 1 unspecified atom stereocenters. The largest absolute Gasteiger partial charge is 0.510 e. The Morgan fingerprint density at radius 2 is 2.03 bits per heavy atom. The van der Waals surface area contributed by atoms with Crippen molar-refractivity contribution < 1.29 is 14.6 Å². The minimum Gasteiger partial charge on any atom is -0.510 e. The van der Waals surface area contributed by atoms with Crippen LogP contribution in [0.2, 0.25) is 0 Å². The molecule has 4 aromatic rings. The molecule has 5 rings (SSSR count). The third-order valence-corrected chi connectivity index (χ3v) is 7.13. The number of rotatable bonds is 7. The van der Waals surface area contributed by atoms with Crippen molar-refractivity contribution in [3.8, 4) is 17.6 Å². The number of hydrogen-bond acceptors (Lipinski definition) is 9. The standard InChI is InChI=1S/C24H19N5O3S2/c1-2-11-29-22(20-13-31-18-8-4-5-9-19(18)32-20)27-28-24(29)33-14-17(30)15(12-25)23-26-16-7-3-6-10-21(16)34-23/h2-10,20,30H,1,11,13-14H2/b17-15-. The first-order valence-electron chi connectivity index (χ1n) is 10.4. The third kappa shape index (κ3) is 4.23. The number of hydrogen-bond donors (Lipinski definition) is 1. The molecule has 0 bridgehead atoms. The molecule has 1 atom stereocenters. The van der Waals surface area contributed by atoms with Crippen molar-refractivity contribution in [3.63, 3.8) is 0 Å². The summed E-state index contributed by atoms with van der Waals surface area (Å²) in [6, 6.07) is 17.2. The van der Waals surface area contributed by atoms with Crippen molar-refractivity contribution in [2.24, 2.45) is 0 Å². The van der Waals surface area contributed by atoms with E-state index in [4.69, 9.17) is 9.47 Å². The highest BCUT2D eigenvalue weighted by Gasteiger charge is 2.28. The summed E-state index contributed by atoms with van der Waals surface area (Å²) in [5.74, 6) is 2.02. The number of benzene rings is 2. The second-order valence-corrected chi connectivity index (χ2v) is 9.29. The highest BCUT2D eigenvalue weighted by atomic mass is 32.2. The molecule has 2 aromatic carbocycles. The predicted molar refractivity (Wildman–Crippen MR) is 131 cm³/mol. The molecule has 1 aliphatic heterocycles. The van der Waals surface area contributed by atoms with Gasteiger partial charge < -0.3 is 14.6 Å². The molecule has 10 heteroatoms. The van der Waals surface area contributed by atoms with E-state index < -0.39 is 6.10 Å². The van der Waals surface area contributed by atoms with Crippen LogP contribution >= 0.6 is 23.1 Å². The molecule has 2 aromatic heterocycles. The maximum absolute atomic E-state index is 10.7. The first-order chi connectivity index (χ1) is 16.7. The van der Waals surface area contributed by atoms with E-state index in [1.54, 1.807) is 6.08 Å². The van der Waals surface area contributed by atoms with E-state index in [9.17, 15) is 10.4 Å². The lowest BCUT2D eigenvalue weighted by molar-refractivity contribution is 0.0821. The second-order valence-electron chi connectivity index (χ2n) is 7.31. The van der Waals surface area contributed by atoms with Gasteiger partial charge >= 0.3 is 0 Å². The number of fused-ring (bicyclic) bond motifs is 2. The van der Waals surface area contributed by atoms with Crippen LogP contribution in [0.4, 0.5) is 0 Å². The minimum atomic E-state index is -0.432. The summed E-state index contributed by atoms with van der Waals surface area (Å²) < 4.78 is 14.7. The number of aliphatic hydroxyl groups is 1. The first kappa shape index (κ1) is 22.0. The molecule has 3 heterocycles. The number of ether oxygens (including phenoxy) is 2. The molecule has 0 amide bonds. The number of aromatic nitrogens is 4. The van der Waals surface area contributed by atoms with Gasteiger partial charge in [-0.15, -0.1) is 28.1 Å². The summed E-state index contributed by atoms with van der Waals surface area (Å²) in [6.45, 7) is 4.59. The Labute approximate surface area is 203 Å². The third-order valence-electron chi connectivity index (χ3n) is 5.10. The van der Waals surface area contributed by atoms with Crippen molar-refractivity contribution in [2.45, 2.75) is 17.8 Å². The summed E-state index contributed by atoms with van der Waals surface area (Å²) in [6.07, 6.45) is 1.31. The van der Waals surface area contributed by atoms with Crippen molar-refractivity contribution in [1.29, 1.82) is 5.26 Å². The summed E-state index contributed by atoms with van der Waals surface area (Å²) in [5, 5.41) is 30.1. The monoisotopic (exact) mass is 489 g/mol. The zero-order valence-corrected chi connectivity index (χ0v) is 19.6. The Morgan fingerprint density at radius 1 is 1.24 bits per heavy atom. The van der Waals surface area contributed by atoms with Crippen LogP contribution in [0.1, 0.15) is 16.9 Å². The molecule has 0 aliphatic carbocycles. The van der Waals surface area contributed by atoms with Crippen molar-refractivity contribution in [1.82, 2.24) is 19.7 Å². The summed E-state index contributed by atoms with van der Waals surface area (Å²) in [7, 11) is 0. The van der Waals surface area contributed by atoms with Crippen molar-refractivity contribution in [3.05, 3.63) is 77.8 Å². The fraction of sp³-hybridized carbons (Fsp3) is 0.167. The van der Waals surface area contributed by atoms with E-state index >= 15 is 0 Å². The van der Waals surface area contributed by atoms with Gasteiger partial charge in [-0.1, -0.05) is 42.1 Å². The van der Waals surface area contributed by atoms with Crippen molar-refractivity contribution >= 4 is 38.9 Å². The second kappa shape index (κ2) is 9.59. The van der Waals surface area contributed by atoms with Crippen LogP contribution in [0.25, 0.3) is 15.8 Å². The Bertz CT molecular complexity index is 1400. The Kier molecular flexibility index (Phi) is 6.20. The molecule has 1 N–H and O–H groups in total. The van der Waals surface area contributed by atoms with Gasteiger partial charge in [-0.25, -0.2) is 4.98 Å². The predicted octanol–water partition coefficient (Wildman–Crippen LogP) is 5.17. The smallest absolute Gasteiger partial charge is 0.192 e. The number of thiazole rings is 1. The van der Waals surface area contributed by atoms with Crippen molar-refractivity contribution in [2.75, 3.05) is 12.4 Å². The minimum absolute atomic E-state index is 0.0626. The van der Waals surface area contributed by atoms with Crippen LogP contribution in [0.3, 0.4) is 0 Å². The van der Waals surface area contributed by atoms with E-state index in [0.29, 0.717) is 40.6 Å². The van der Waals surface area contributed by atoms with Gasteiger partial charge in [0.1, 0.15) is 29.0 Å². The molecule has 0 saturated heterocycles. The summed E-state index contributed by atoms with van der Waals surface area (Å²) in [5.41, 5.74) is 0.951. The molecular weight excluding hydrogens is 470 g/mol. The fourth-order valence-corrected chi connectivity index (χ4v) is 5.33. The SMILES string of the molecule is C=CCn1c(SC/C(O)=C(\C#N)c2nc3ccccc3s2)nnc1C1COc2ccccc2O1. The lowest BCUT2D eigenvalue weighted by atomic mass is 10.2. The number of para-hydroxylation sites is 3. The van der Waals surface area contributed by atoms with Gasteiger partial charge in [0.15, 0.2) is 28.6 Å². The number of allylic oxidation sites excluding steroid dienone is 2. The number of nitrogens with zero attached hydrogens (tertiary/aromatic N) is 5. The Hall–Kier alpha value is -3.81. The van der Waals surface area contributed by atoms with Gasteiger partial charge in [-0.05, 0) is 24.3 Å². The van der Waals surface area contributed by atoms with Gasteiger partial charge in [-0.2, -0.15) is 5.26 Å². The zero-order chi connectivity index (χ0) is 23.5. The quantitative estimate of drug-likeness (QED) is 0.164. The molecule has 0 fully saturated rings. The lowest BCUT2D eigenvalue weighted by Crippen LogP contribution is -2.25. The molecule has 0 saturated carbocycles. The van der Waals surface area contributed by atoms with Gasteiger partial charge in [0.05, 0.1) is 16.0 Å². The summed E-state index contributed by atoms with van der Waals surface area (Å²) >= 11 is 2.64. The maximum Gasteiger partial charge on any atom is 0.192 e. The molecule has 8 nitrogen and oxygen atoms in total. The molecular formula is C24H19N5O3S2. The highest BCUT2D eigenvalue weighted by molar-refractivity contribution is 7.99. The molecule has 1 aliphatic rings. The van der Waals surface area contributed by atoms with E-state index in [0.717, 1.165) is 10.2 Å². The van der Waals surface area contributed by atoms with Crippen LogP contribution in [0.5, 0.6) is 11.5 Å². The lowest BCUT2D eigenvalue weighted by Gasteiger charge is -2.26. The van der Waals surface area contributed by atoms with Crippen LogP contribution in [0, 0.1) is 11.3 Å². The fourth-order valence-electron chi connectivity index (χ4n) is 3.51. The Morgan fingerprint density at radius 3 is 2.82 bits per heavy atom. The van der Waals surface area contributed by atoms with Crippen LogP contribution in [-0.2, 0) is 6.54 Å². The van der Waals surface area contributed by atoms with E-state index in [1.165, 1.54) is 23.1 Å². The summed E-state index contributed by atoms with van der Waals surface area (Å²) in [4.78, 5) is 4.48. The van der Waals surface area contributed by atoms with Gasteiger partial charge in [0.25, 0.3) is 0 Å². The maximum atomic E-state index is 10.7. The molecule has 34 heavy (non-hydrogen) atoms. The average molecular weight is 490 g/mol. The van der Waals surface area contributed by atoms with Gasteiger partial charge in [0.2, 0.25) is 0 Å². The van der Waals surface area contributed by atoms with Gasteiger partial charge in [-0.3, -0.25) is 4.57 Å². The Balaban J connectivity index is 1.37. The molecule has 0 spiro atoms.